The van der Waals surface area contributed by atoms with E-state index in [1.54, 1.807) is 0 Å². The van der Waals surface area contributed by atoms with Crippen LogP contribution in [0.4, 0.5) is 0 Å². The molecule has 2 aromatic rings. The molecule has 18 nitrogen and oxygen atoms in total. The molecule has 4 N–H and O–H groups in total. The maximum absolute atomic E-state index is 14.3. The Bertz CT molecular complexity index is 2260. The molecule has 3 aliphatic carbocycles. The second-order valence-corrected chi connectivity index (χ2v) is 18.7. The first-order chi connectivity index (χ1) is 30.1. The summed E-state index contributed by atoms with van der Waals surface area (Å²) >= 11 is 0.907. The van der Waals surface area contributed by atoms with Crippen molar-refractivity contribution < 1.29 is 77.6 Å². The number of morpholine rings is 1. The Kier molecular flexibility index (Phi) is 11.7. The fraction of sp³-hybridized carbons (Fsp3) is 0.591. The second-order valence-electron chi connectivity index (χ2n) is 17.5. The highest BCUT2D eigenvalue weighted by Gasteiger charge is 2.55. The van der Waals surface area contributed by atoms with Crippen molar-refractivity contribution in [3.8, 4) is 17.2 Å². The van der Waals surface area contributed by atoms with E-state index in [1.807, 2.05) is 6.92 Å². The van der Waals surface area contributed by atoms with Gasteiger partial charge in [0.25, 0.3) is 0 Å². The van der Waals surface area contributed by atoms with Gasteiger partial charge in [-0.25, -0.2) is 0 Å². The highest BCUT2D eigenvalue weighted by atomic mass is 32.2. The Morgan fingerprint density at radius 1 is 0.984 bits per heavy atom. The average molecular weight is 895 g/mol. The predicted molar refractivity (Wildman–Crippen MR) is 217 cm³/mol. The largest absolute Gasteiger partial charge is 0.507 e. The smallest absolute Gasteiger partial charge is 0.306 e. The van der Waals surface area contributed by atoms with Crippen molar-refractivity contribution in [3.05, 3.63) is 51.6 Å². The number of hydrogen-bond acceptors (Lipinski definition) is 17. The SMILES string of the molecule is COc1cccc2c1C(=O)c1c(O)c3c(c(O)c1C2=O)C[C@@](O)(C(=O)CSC1CC(=O)N(CC2CCC(C(=O)O)CC2)C1=O)C[C@@H]3O[C@H]1C[C@H]2[C@H](O[C@@H]3[C@@H](OC)OCCN32)[C@H](C)O1. The molecule has 1 unspecified atom stereocenters. The van der Waals surface area contributed by atoms with Crippen molar-refractivity contribution in [1.82, 2.24) is 9.80 Å². The van der Waals surface area contributed by atoms with Gasteiger partial charge < -0.3 is 48.8 Å². The summed E-state index contributed by atoms with van der Waals surface area (Å²) in [7, 11) is 2.86. The summed E-state index contributed by atoms with van der Waals surface area (Å²) in [6.45, 7) is 2.90. The third-order valence-electron chi connectivity index (χ3n) is 14.0. The van der Waals surface area contributed by atoms with E-state index in [0.717, 1.165) is 11.8 Å². The molecular formula is C44H50N2O16S. The van der Waals surface area contributed by atoms with Crippen molar-refractivity contribution in [2.45, 2.75) is 112 Å². The van der Waals surface area contributed by atoms with E-state index >= 15 is 0 Å². The number of ketones is 3. The third-order valence-corrected chi connectivity index (χ3v) is 15.2. The standard InChI is InChI=1S/C44H50N2O16S/c1-19-39-24(45-11-12-59-43(58-3)41(45)62-39)13-30(60-19)61-26-16-44(56,28(47)18-63-27-14-29(48)46(40(27)53)17-20-7-9-21(10-8-20)42(54)55)15-23-32(26)38(52)34-33(36(23)50)35(49)22-5-4-6-25(57-2)31(22)37(34)51/h4-6,19-21,24,26-27,30,39,41,43,50,52,56H,7-18H2,1-3H3,(H,54,55)/t19-,20?,21?,24-,26-,27?,30-,39+,41+,43-,44-/m0/s1. The molecule has 0 spiro atoms. The molecule has 0 bridgehead atoms. The van der Waals surface area contributed by atoms with Gasteiger partial charge in [-0.05, 0) is 44.6 Å². The van der Waals surface area contributed by atoms with Crippen molar-refractivity contribution in [1.29, 1.82) is 0 Å². The number of methoxy groups -OCH3 is 2. The van der Waals surface area contributed by atoms with Gasteiger partial charge in [-0.15, -0.1) is 11.8 Å². The van der Waals surface area contributed by atoms with Gasteiger partial charge in [0.05, 0.1) is 59.5 Å². The van der Waals surface area contributed by atoms with Crippen LogP contribution >= 0.6 is 11.8 Å². The van der Waals surface area contributed by atoms with Crippen molar-refractivity contribution in [3.63, 3.8) is 0 Å². The highest BCUT2D eigenvalue weighted by Crippen LogP contribution is 2.53. The summed E-state index contributed by atoms with van der Waals surface area (Å²) in [6, 6.07) is 4.17. The van der Waals surface area contributed by atoms with Crippen LogP contribution in [0.1, 0.15) is 101 Å². The minimum absolute atomic E-state index is 0.0351. The van der Waals surface area contributed by atoms with Crippen LogP contribution in [0.5, 0.6) is 17.2 Å². The molecular weight excluding hydrogens is 845 g/mol. The van der Waals surface area contributed by atoms with E-state index in [9.17, 15) is 49.2 Å². The second kappa shape index (κ2) is 16.8. The molecule has 9 rings (SSSR count). The summed E-state index contributed by atoms with van der Waals surface area (Å²) in [4.78, 5) is 83.9. The topological polar surface area (TPSA) is 245 Å². The lowest BCUT2D eigenvalue weighted by Gasteiger charge is -2.43. The Labute approximate surface area is 366 Å². The first-order valence-corrected chi connectivity index (χ1v) is 22.4. The molecule has 338 valence electrons. The van der Waals surface area contributed by atoms with E-state index in [0.29, 0.717) is 38.8 Å². The van der Waals surface area contributed by atoms with Crippen LogP contribution in [0.2, 0.25) is 0 Å². The number of carbonyl (C=O) groups is 6. The number of phenolic OH excluding ortho intramolecular Hbond substituents is 2. The number of nitrogens with zero attached hydrogens (tertiary/aromatic N) is 2. The first kappa shape index (κ1) is 43.8. The minimum atomic E-state index is -2.29. The number of carboxylic acids is 1. The van der Waals surface area contributed by atoms with Crippen molar-refractivity contribution >= 4 is 46.9 Å². The van der Waals surface area contributed by atoms with Crippen LogP contribution in [-0.2, 0) is 49.3 Å². The van der Waals surface area contributed by atoms with E-state index < -0.39 is 124 Å². The molecule has 4 saturated heterocycles. The van der Waals surface area contributed by atoms with E-state index in [-0.39, 0.29) is 65.5 Å². The Hall–Kier alpha value is -4.47. The molecule has 2 aromatic carbocycles. The molecule has 63 heavy (non-hydrogen) atoms. The Morgan fingerprint density at radius 2 is 1.73 bits per heavy atom. The number of benzene rings is 2. The number of fused-ring (bicyclic) bond motifs is 6. The number of aromatic hydroxyl groups is 2. The molecule has 1 saturated carbocycles. The molecule has 2 amide bonds. The number of hydrogen-bond donors (Lipinski definition) is 4. The quantitative estimate of drug-likeness (QED) is 0.160. The van der Waals surface area contributed by atoms with Crippen LogP contribution in [0, 0.1) is 11.8 Å². The Balaban J connectivity index is 0.997. The van der Waals surface area contributed by atoms with Crippen LogP contribution in [0.15, 0.2) is 18.2 Å². The van der Waals surface area contributed by atoms with Gasteiger partial charge in [0.2, 0.25) is 17.6 Å². The summed E-state index contributed by atoms with van der Waals surface area (Å²) in [6.07, 6.45) is -3.38. The molecule has 9 atom stereocenters. The van der Waals surface area contributed by atoms with E-state index in [2.05, 4.69) is 4.90 Å². The normalized spacial score (nSPS) is 33.9. The zero-order chi connectivity index (χ0) is 44.6. The van der Waals surface area contributed by atoms with Gasteiger partial charge in [-0.2, -0.15) is 0 Å². The maximum atomic E-state index is 14.3. The van der Waals surface area contributed by atoms with E-state index in [4.69, 9.17) is 28.4 Å². The number of likely N-dealkylation sites (tertiary alicyclic amines) is 1. The number of ether oxygens (including phenoxy) is 6. The van der Waals surface area contributed by atoms with Crippen LogP contribution in [-0.4, -0.2) is 153 Å². The summed E-state index contributed by atoms with van der Waals surface area (Å²) < 4.78 is 36.0. The zero-order valence-electron chi connectivity index (χ0n) is 35.0. The fourth-order valence-corrected chi connectivity index (χ4v) is 11.8. The molecule has 4 aliphatic heterocycles. The highest BCUT2D eigenvalue weighted by molar-refractivity contribution is 8.01. The number of aliphatic hydroxyl groups is 1. The number of carboxylic acid groups (broad SMARTS) is 1. The number of Topliss-reactive ketones (excluding diaryl/α,β-unsaturated/α-hetero) is 1. The van der Waals surface area contributed by atoms with Gasteiger partial charge in [-0.3, -0.25) is 38.6 Å². The molecule has 0 radical (unpaired) electrons. The number of imide groups is 1. The van der Waals surface area contributed by atoms with Gasteiger partial charge in [0.1, 0.15) is 29.0 Å². The van der Waals surface area contributed by atoms with Gasteiger partial charge in [-0.1, -0.05) is 12.1 Å². The maximum Gasteiger partial charge on any atom is 0.306 e. The Morgan fingerprint density at radius 3 is 2.44 bits per heavy atom. The fourth-order valence-electron chi connectivity index (χ4n) is 10.7. The third kappa shape index (κ3) is 7.43. The first-order valence-electron chi connectivity index (χ1n) is 21.3. The van der Waals surface area contributed by atoms with Crippen molar-refractivity contribution in [2.75, 3.05) is 39.7 Å². The minimum Gasteiger partial charge on any atom is -0.507 e. The van der Waals surface area contributed by atoms with Gasteiger partial charge in [0.15, 0.2) is 30.4 Å². The lowest BCUT2D eigenvalue weighted by Crippen LogP contribution is -2.55. The molecule has 0 aromatic heterocycles. The van der Waals surface area contributed by atoms with Crippen LogP contribution in [0.25, 0.3) is 0 Å². The lowest BCUT2D eigenvalue weighted by molar-refractivity contribution is -0.256. The van der Waals surface area contributed by atoms with Crippen molar-refractivity contribution in [2.24, 2.45) is 11.8 Å². The average Bonchev–Trinajstić information content (AvgIpc) is 3.78. The molecule has 4 heterocycles. The van der Waals surface area contributed by atoms with E-state index in [1.165, 1.54) is 37.3 Å². The zero-order valence-corrected chi connectivity index (χ0v) is 35.8. The van der Waals surface area contributed by atoms with Crippen LogP contribution < -0.4 is 4.74 Å². The summed E-state index contributed by atoms with van der Waals surface area (Å²) in [5.41, 5.74) is -3.69. The lowest BCUT2D eigenvalue weighted by atomic mass is 9.72. The number of amides is 2. The molecule has 5 fully saturated rings. The number of carbonyl (C=O) groups excluding carboxylic acids is 5. The monoisotopic (exact) mass is 894 g/mol. The number of phenols is 2. The number of thioether (sulfide) groups is 1. The molecule has 19 heteroatoms. The summed E-state index contributed by atoms with van der Waals surface area (Å²) in [5, 5.41) is 45.0. The predicted octanol–water partition coefficient (Wildman–Crippen LogP) is 2.47. The summed E-state index contributed by atoms with van der Waals surface area (Å²) in [5.74, 6) is -6.21. The van der Waals surface area contributed by atoms with Gasteiger partial charge in [0, 0.05) is 68.6 Å². The number of aliphatic carboxylic acids is 1. The van der Waals surface area contributed by atoms with Gasteiger partial charge >= 0.3 is 5.97 Å². The number of rotatable bonds is 11. The molecule has 7 aliphatic rings. The van der Waals surface area contributed by atoms with Crippen LogP contribution in [0.3, 0.4) is 0 Å².